The Morgan fingerprint density at radius 3 is 1.75 bits per heavy atom. The van der Waals surface area contributed by atoms with E-state index in [0.717, 1.165) is 0 Å². The van der Waals surface area contributed by atoms with E-state index in [4.69, 9.17) is 0 Å². The van der Waals surface area contributed by atoms with Gasteiger partial charge in [0.15, 0.2) is 0 Å². The molecule has 0 radical (unpaired) electrons. The Kier molecular flexibility index (Phi) is 4.85. The molecule has 0 atom stereocenters. The van der Waals surface area contributed by atoms with E-state index in [-0.39, 0.29) is 20.3 Å². The standard InChI is InChI=1S/C19H16.Li.H/c1-15-9-8-14-18(16-10-4-2-5-11-16)19(15)17-12-6-3-7-13-17;;/h2-14H,1H3;;/q;+1;-1. The van der Waals surface area contributed by atoms with Gasteiger partial charge in [-0.25, -0.2) is 0 Å². The van der Waals surface area contributed by atoms with Crippen molar-refractivity contribution in [3.63, 3.8) is 0 Å². The second kappa shape index (κ2) is 6.62. The average molecular weight is 252 g/mol. The third kappa shape index (κ3) is 2.88. The summed E-state index contributed by atoms with van der Waals surface area (Å²) >= 11 is 0. The molecule has 94 valence electrons. The Morgan fingerprint density at radius 2 is 1.15 bits per heavy atom. The molecule has 0 aliphatic heterocycles. The summed E-state index contributed by atoms with van der Waals surface area (Å²) in [6.07, 6.45) is 0. The van der Waals surface area contributed by atoms with Gasteiger partial charge in [-0.1, -0.05) is 78.9 Å². The van der Waals surface area contributed by atoms with Gasteiger partial charge < -0.3 is 1.43 Å². The molecule has 0 saturated heterocycles. The molecule has 0 heterocycles. The predicted octanol–water partition coefficient (Wildman–Crippen LogP) is 2.45. The van der Waals surface area contributed by atoms with Crippen molar-refractivity contribution in [2.45, 2.75) is 6.92 Å². The van der Waals surface area contributed by atoms with Gasteiger partial charge in [-0.3, -0.25) is 0 Å². The summed E-state index contributed by atoms with van der Waals surface area (Å²) in [5.74, 6) is 0. The normalized spacial score (nSPS) is 9.85. The second-order valence-electron chi connectivity index (χ2n) is 4.73. The van der Waals surface area contributed by atoms with Gasteiger partial charge in [0.1, 0.15) is 0 Å². The molecule has 0 saturated carbocycles. The fraction of sp³-hybridized carbons (Fsp3) is 0.0526. The summed E-state index contributed by atoms with van der Waals surface area (Å²) in [5.41, 5.74) is 6.48. The number of aryl methyl sites for hydroxylation is 1. The topological polar surface area (TPSA) is 0 Å². The Bertz CT molecular complexity index is 678. The van der Waals surface area contributed by atoms with Crippen molar-refractivity contribution in [1.82, 2.24) is 0 Å². The first-order valence-electron chi connectivity index (χ1n) is 6.57. The number of benzene rings is 3. The maximum atomic E-state index is 2.20. The van der Waals surface area contributed by atoms with E-state index in [1.165, 1.54) is 27.8 Å². The Hall–Kier alpha value is -1.74. The van der Waals surface area contributed by atoms with Gasteiger partial charge in [-0.05, 0) is 34.7 Å². The molecule has 3 aromatic carbocycles. The minimum atomic E-state index is 0. The molecule has 0 amide bonds. The van der Waals surface area contributed by atoms with Crippen LogP contribution in [0, 0.1) is 6.92 Å². The van der Waals surface area contributed by atoms with Crippen LogP contribution in [0.1, 0.15) is 6.99 Å². The van der Waals surface area contributed by atoms with Crippen molar-refractivity contribution in [2.75, 3.05) is 0 Å². The van der Waals surface area contributed by atoms with Crippen LogP contribution in [0.15, 0.2) is 78.9 Å². The molecule has 20 heavy (non-hydrogen) atoms. The van der Waals surface area contributed by atoms with E-state index in [2.05, 4.69) is 85.8 Å². The van der Waals surface area contributed by atoms with Crippen molar-refractivity contribution in [1.29, 1.82) is 0 Å². The summed E-state index contributed by atoms with van der Waals surface area (Å²) in [5, 5.41) is 0. The zero-order valence-corrected chi connectivity index (χ0v) is 12.0. The van der Waals surface area contributed by atoms with E-state index in [9.17, 15) is 0 Å². The number of rotatable bonds is 2. The van der Waals surface area contributed by atoms with Gasteiger partial charge in [0, 0.05) is 0 Å². The van der Waals surface area contributed by atoms with E-state index in [1.807, 2.05) is 0 Å². The predicted molar refractivity (Wildman–Crippen MR) is 83.2 cm³/mol. The first-order chi connectivity index (χ1) is 9.36. The molecule has 0 fully saturated rings. The van der Waals surface area contributed by atoms with E-state index in [0.29, 0.717) is 0 Å². The van der Waals surface area contributed by atoms with E-state index < -0.39 is 0 Å². The van der Waals surface area contributed by atoms with Gasteiger partial charge in [0.25, 0.3) is 0 Å². The maximum Gasteiger partial charge on any atom is 1.00 e. The molecule has 0 nitrogen and oxygen atoms in total. The summed E-state index contributed by atoms with van der Waals surface area (Å²) in [7, 11) is 0. The van der Waals surface area contributed by atoms with E-state index in [1.54, 1.807) is 0 Å². The minimum absolute atomic E-state index is 0. The Balaban J connectivity index is 0.00000110. The summed E-state index contributed by atoms with van der Waals surface area (Å²) in [6, 6.07) is 27.7. The maximum absolute atomic E-state index is 2.20. The van der Waals surface area contributed by atoms with E-state index >= 15 is 0 Å². The summed E-state index contributed by atoms with van der Waals surface area (Å²) in [4.78, 5) is 0. The number of hydrogen-bond donors (Lipinski definition) is 0. The molecule has 0 aromatic heterocycles. The molecule has 0 unspecified atom stereocenters. The van der Waals surface area contributed by atoms with Crippen molar-refractivity contribution < 1.29 is 20.3 Å². The first-order valence-corrected chi connectivity index (χ1v) is 6.57. The largest absolute Gasteiger partial charge is 1.00 e. The zero-order chi connectivity index (χ0) is 13.1. The van der Waals surface area contributed by atoms with Crippen LogP contribution in [-0.4, -0.2) is 0 Å². The smallest absolute Gasteiger partial charge is 1.00 e. The molecular formula is C19H17Li. The van der Waals surface area contributed by atoms with Crippen LogP contribution in [0.5, 0.6) is 0 Å². The Labute approximate surface area is 134 Å². The van der Waals surface area contributed by atoms with Crippen LogP contribution in [0.2, 0.25) is 0 Å². The summed E-state index contributed by atoms with van der Waals surface area (Å²) in [6.45, 7) is 2.18. The van der Waals surface area contributed by atoms with Crippen molar-refractivity contribution >= 4 is 0 Å². The van der Waals surface area contributed by atoms with Gasteiger partial charge in [0.2, 0.25) is 0 Å². The van der Waals surface area contributed by atoms with Gasteiger partial charge in [-0.2, -0.15) is 0 Å². The van der Waals surface area contributed by atoms with Gasteiger partial charge >= 0.3 is 18.9 Å². The Morgan fingerprint density at radius 1 is 0.600 bits per heavy atom. The fourth-order valence-corrected chi connectivity index (χ4v) is 2.51. The van der Waals surface area contributed by atoms with Gasteiger partial charge in [-0.15, -0.1) is 0 Å². The second-order valence-corrected chi connectivity index (χ2v) is 4.73. The molecule has 0 bridgehead atoms. The average Bonchev–Trinajstić information content (AvgIpc) is 2.49. The van der Waals surface area contributed by atoms with Crippen LogP contribution < -0.4 is 18.9 Å². The third-order valence-electron chi connectivity index (χ3n) is 3.42. The van der Waals surface area contributed by atoms with Crippen LogP contribution >= 0.6 is 0 Å². The van der Waals surface area contributed by atoms with Crippen molar-refractivity contribution in [2.24, 2.45) is 0 Å². The monoisotopic (exact) mass is 252 g/mol. The third-order valence-corrected chi connectivity index (χ3v) is 3.42. The molecule has 3 aromatic rings. The molecule has 0 spiro atoms. The zero-order valence-electron chi connectivity index (χ0n) is 13.0. The van der Waals surface area contributed by atoms with Crippen LogP contribution in [-0.2, 0) is 0 Å². The van der Waals surface area contributed by atoms with Crippen molar-refractivity contribution in [3.8, 4) is 22.3 Å². The van der Waals surface area contributed by atoms with Crippen molar-refractivity contribution in [3.05, 3.63) is 84.4 Å². The summed E-state index contributed by atoms with van der Waals surface area (Å²) < 4.78 is 0. The molecule has 0 aliphatic carbocycles. The molecular weight excluding hydrogens is 235 g/mol. The van der Waals surface area contributed by atoms with Crippen LogP contribution in [0.4, 0.5) is 0 Å². The minimum Gasteiger partial charge on any atom is -1.00 e. The molecule has 0 aliphatic rings. The first kappa shape index (κ1) is 14.7. The number of hydrogen-bond acceptors (Lipinski definition) is 0. The quantitative estimate of drug-likeness (QED) is 0.615. The molecule has 0 N–H and O–H groups in total. The SMILES string of the molecule is Cc1cccc(-c2ccccc2)c1-c1ccccc1.[H-].[Li+]. The van der Waals surface area contributed by atoms with Crippen LogP contribution in [0.25, 0.3) is 22.3 Å². The fourth-order valence-electron chi connectivity index (χ4n) is 2.51. The molecule has 3 rings (SSSR count). The van der Waals surface area contributed by atoms with Crippen LogP contribution in [0.3, 0.4) is 0 Å². The van der Waals surface area contributed by atoms with Gasteiger partial charge in [0.05, 0.1) is 0 Å². The molecule has 1 heteroatoms.